The van der Waals surface area contributed by atoms with Crippen LogP contribution in [0.4, 0.5) is 0 Å². The van der Waals surface area contributed by atoms with Crippen LogP contribution in [0.1, 0.15) is 22.7 Å². The van der Waals surface area contributed by atoms with Gasteiger partial charge in [0.2, 0.25) is 0 Å². The molecule has 2 aromatic rings. The summed E-state index contributed by atoms with van der Waals surface area (Å²) in [7, 11) is 3.69. The Morgan fingerprint density at radius 1 is 1.14 bits per heavy atom. The third-order valence-corrected chi connectivity index (χ3v) is 5.17. The van der Waals surface area contributed by atoms with Crippen LogP contribution in [0.15, 0.2) is 45.3 Å². The summed E-state index contributed by atoms with van der Waals surface area (Å²) in [6.45, 7) is 2.15. The van der Waals surface area contributed by atoms with E-state index in [9.17, 15) is 0 Å². The molecule has 0 aliphatic rings. The Morgan fingerprint density at radius 2 is 1.90 bits per heavy atom. The first-order chi connectivity index (χ1) is 10.1. The zero-order chi connectivity index (χ0) is 15.4. The molecule has 0 saturated carbocycles. The SMILES string of the molecule is CNC(Cc1ccc(OC)c(Br)c1)c1cccc(Br)c1C. The minimum Gasteiger partial charge on any atom is -0.496 e. The van der Waals surface area contributed by atoms with E-state index in [4.69, 9.17) is 4.74 Å². The van der Waals surface area contributed by atoms with E-state index in [2.05, 4.69) is 74.4 Å². The molecular formula is C17H19Br2NO. The number of rotatable bonds is 5. The van der Waals surface area contributed by atoms with Crippen molar-refractivity contribution in [1.29, 1.82) is 0 Å². The quantitative estimate of drug-likeness (QED) is 0.743. The van der Waals surface area contributed by atoms with Crippen molar-refractivity contribution in [1.82, 2.24) is 5.32 Å². The third-order valence-electron chi connectivity index (χ3n) is 3.69. The molecule has 0 aliphatic carbocycles. The molecule has 0 fully saturated rings. The summed E-state index contributed by atoms with van der Waals surface area (Å²) in [6.07, 6.45) is 0.927. The van der Waals surface area contributed by atoms with Crippen LogP contribution in [0, 0.1) is 6.92 Å². The first-order valence-electron chi connectivity index (χ1n) is 6.81. The lowest BCUT2D eigenvalue weighted by Gasteiger charge is -2.20. The van der Waals surface area contributed by atoms with Crippen molar-refractivity contribution in [3.63, 3.8) is 0 Å². The highest BCUT2D eigenvalue weighted by Gasteiger charge is 2.14. The molecule has 0 spiro atoms. The van der Waals surface area contributed by atoms with Gasteiger partial charge < -0.3 is 10.1 Å². The van der Waals surface area contributed by atoms with Crippen molar-refractivity contribution in [2.45, 2.75) is 19.4 Å². The summed E-state index contributed by atoms with van der Waals surface area (Å²) in [6, 6.07) is 12.9. The van der Waals surface area contributed by atoms with Gasteiger partial charge in [0, 0.05) is 10.5 Å². The van der Waals surface area contributed by atoms with Crippen LogP contribution in [-0.2, 0) is 6.42 Å². The normalized spacial score (nSPS) is 12.2. The Morgan fingerprint density at radius 3 is 2.52 bits per heavy atom. The molecule has 0 aromatic heterocycles. The predicted molar refractivity (Wildman–Crippen MR) is 95.1 cm³/mol. The lowest BCUT2D eigenvalue weighted by Crippen LogP contribution is -2.20. The molecule has 0 aliphatic heterocycles. The Labute approximate surface area is 143 Å². The van der Waals surface area contributed by atoms with Crippen LogP contribution < -0.4 is 10.1 Å². The number of hydrogen-bond donors (Lipinski definition) is 1. The number of ether oxygens (including phenoxy) is 1. The number of benzene rings is 2. The van der Waals surface area contributed by atoms with Crippen molar-refractivity contribution in [3.05, 3.63) is 62.0 Å². The zero-order valence-electron chi connectivity index (χ0n) is 12.4. The van der Waals surface area contributed by atoms with Gasteiger partial charge in [-0.15, -0.1) is 0 Å². The van der Waals surface area contributed by atoms with Crippen LogP contribution in [0.5, 0.6) is 5.75 Å². The second kappa shape index (κ2) is 7.43. The van der Waals surface area contributed by atoms with Gasteiger partial charge in [0.05, 0.1) is 11.6 Å². The van der Waals surface area contributed by atoms with Gasteiger partial charge in [-0.3, -0.25) is 0 Å². The fourth-order valence-electron chi connectivity index (χ4n) is 2.44. The van der Waals surface area contributed by atoms with E-state index >= 15 is 0 Å². The molecular weight excluding hydrogens is 394 g/mol. The van der Waals surface area contributed by atoms with E-state index in [1.807, 2.05) is 13.1 Å². The molecule has 1 atom stereocenters. The van der Waals surface area contributed by atoms with Gasteiger partial charge in [-0.2, -0.15) is 0 Å². The van der Waals surface area contributed by atoms with Gasteiger partial charge >= 0.3 is 0 Å². The molecule has 0 heterocycles. The molecule has 0 amide bonds. The maximum atomic E-state index is 5.28. The molecule has 1 N–H and O–H groups in total. The molecule has 112 valence electrons. The van der Waals surface area contributed by atoms with Crippen LogP contribution in [0.25, 0.3) is 0 Å². The molecule has 2 nitrogen and oxygen atoms in total. The van der Waals surface area contributed by atoms with Crippen molar-refractivity contribution in [2.75, 3.05) is 14.2 Å². The molecule has 0 radical (unpaired) electrons. The Bertz CT molecular complexity index is 628. The van der Waals surface area contributed by atoms with E-state index in [-0.39, 0.29) is 6.04 Å². The number of nitrogens with one attached hydrogen (secondary N) is 1. The van der Waals surface area contributed by atoms with E-state index < -0.39 is 0 Å². The Balaban J connectivity index is 2.27. The lowest BCUT2D eigenvalue weighted by molar-refractivity contribution is 0.412. The minimum absolute atomic E-state index is 0.280. The lowest BCUT2D eigenvalue weighted by atomic mass is 9.95. The van der Waals surface area contributed by atoms with Crippen molar-refractivity contribution in [2.24, 2.45) is 0 Å². The number of halogens is 2. The van der Waals surface area contributed by atoms with Gasteiger partial charge in [0.1, 0.15) is 5.75 Å². The van der Waals surface area contributed by atoms with Gasteiger partial charge in [-0.1, -0.05) is 34.1 Å². The molecule has 4 heteroatoms. The molecule has 2 aromatic carbocycles. The van der Waals surface area contributed by atoms with E-state index in [0.717, 1.165) is 21.1 Å². The molecule has 21 heavy (non-hydrogen) atoms. The van der Waals surface area contributed by atoms with E-state index in [0.29, 0.717) is 0 Å². The second-order valence-corrected chi connectivity index (χ2v) is 6.68. The molecule has 2 rings (SSSR count). The van der Waals surface area contributed by atoms with Gasteiger partial charge in [0.25, 0.3) is 0 Å². The topological polar surface area (TPSA) is 21.3 Å². The summed E-state index contributed by atoms with van der Waals surface area (Å²) in [4.78, 5) is 0. The van der Waals surface area contributed by atoms with E-state index in [1.54, 1.807) is 7.11 Å². The fourth-order valence-corrected chi connectivity index (χ4v) is 3.41. The second-order valence-electron chi connectivity index (χ2n) is 4.97. The standard InChI is InChI=1S/C17H19Br2NO/c1-11-13(5-4-6-14(11)18)16(20-2)10-12-7-8-17(21-3)15(19)9-12/h4-9,16,20H,10H2,1-3H3. The molecule has 0 saturated heterocycles. The summed E-state index contributed by atoms with van der Waals surface area (Å²) < 4.78 is 7.42. The highest BCUT2D eigenvalue weighted by atomic mass is 79.9. The first-order valence-corrected chi connectivity index (χ1v) is 8.40. The minimum atomic E-state index is 0.280. The maximum Gasteiger partial charge on any atom is 0.133 e. The average Bonchev–Trinajstić information content (AvgIpc) is 2.48. The van der Waals surface area contributed by atoms with Gasteiger partial charge in [-0.25, -0.2) is 0 Å². The number of likely N-dealkylation sites (N-methyl/N-ethyl adjacent to an activating group) is 1. The highest BCUT2D eigenvalue weighted by Crippen LogP contribution is 2.30. The van der Waals surface area contributed by atoms with Gasteiger partial charge in [-0.05, 0) is 71.2 Å². The first kappa shape index (κ1) is 16.5. The Kier molecular flexibility index (Phi) is 5.85. The molecule has 1 unspecified atom stereocenters. The van der Waals surface area contributed by atoms with Crippen LogP contribution in [0.2, 0.25) is 0 Å². The number of methoxy groups -OCH3 is 1. The van der Waals surface area contributed by atoms with Crippen molar-refractivity contribution in [3.8, 4) is 5.75 Å². The predicted octanol–water partition coefficient (Wildman–Crippen LogP) is 5.03. The summed E-state index contributed by atoms with van der Waals surface area (Å²) in [5.74, 6) is 0.860. The monoisotopic (exact) mass is 411 g/mol. The summed E-state index contributed by atoms with van der Waals surface area (Å²) in [5, 5.41) is 3.42. The van der Waals surface area contributed by atoms with Crippen LogP contribution in [0.3, 0.4) is 0 Å². The summed E-state index contributed by atoms with van der Waals surface area (Å²) in [5.41, 5.74) is 3.87. The fraction of sp³-hybridized carbons (Fsp3) is 0.294. The average molecular weight is 413 g/mol. The third kappa shape index (κ3) is 3.87. The zero-order valence-corrected chi connectivity index (χ0v) is 15.6. The highest BCUT2D eigenvalue weighted by molar-refractivity contribution is 9.10. The smallest absolute Gasteiger partial charge is 0.133 e. The molecule has 0 bridgehead atoms. The van der Waals surface area contributed by atoms with Crippen molar-refractivity contribution >= 4 is 31.9 Å². The maximum absolute atomic E-state index is 5.28. The van der Waals surface area contributed by atoms with Gasteiger partial charge in [0.15, 0.2) is 0 Å². The van der Waals surface area contributed by atoms with E-state index in [1.165, 1.54) is 16.7 Å². The van der Waals surface area contributed by atoms with Crippen LogP contribution >= 0.6 is 31.9 Å². The Hall–Kier alpha value is -0.840. The largest absolute Gasteiger partial charge is 0.496 e. The van der Waals surface area contributed by atoms with Crippen molar-refractivity contribution < 1.29 is 4.74 Å². The summed E-state index contributed by atoms with van der Waals surface area (Å²) >= 11 is 7.16. The number of hydrogen-bond acceptors (Lipinski definition) is 2. The van der Waals surface area contributed by atoms with Crippen LogP contribution in [-0.4, -0.2) is 14.2 Å².